The number of hydrazone groups is 1. The Kier molecular flexibility index (Phi) is 4.70. The van der Waals surface area contributed by atoms with Crippen LogP contribution in [0, 0.1) is 0 Å². The fourth-order valence-corrected chi connectivity index (χ4v) is 2.91. The molecule has 0 aliphatic carbocycles. The van der Waals surface area contributed by atoms with Gasteiger partial charge in [0.05, 0.1) is 34.1 Å². The minimum atomic E-state index is -0.297. The summed E-state index contributed by atoms with van der Waals surface area (Å²) in [5, 5.41) is 15.9. The van der Waals surface area contributed by atoms with Crippen LogP contribution >= 0.6 is 23.2 Å². The van der Waals surface area contributed by atoms with Crippen molar-refractivity contribution < 1.29 is 14.6 Å². The van der Waals surface area contributed by atoms with Crippen LogP contribution in [-0.2, 0) is 4.79 Å². The molecular weight excluding hydrogens is 363 g/mol. The Morgan fingerprint density at radius 3 is 2.60 bits per heavy atom. The number of rotatable bonds is 3. The number of methoxy groups -OCH3 is 1. The minimum Gasteiger partial charge on any atom is -0.503 e. The number of hydrogen-bond donors (Lipinski definition) is 1. The Labute approximate surface area is 154 Å². The summed E-state index contributed by atoms with van der Waals surface area (Å²) in [7, 11) is 1.43. The SMILES string of the molecule is COc1cc(/C=C2\C(=O)N(c3ccccc3Cl)N=C2C)cc(Cl)c1O. The van der Waals surface area contributed by atoms with Crippen molar-refractivity contribution in [2.75, 3.05) is 12.1 Å². The van der Waals surface area contributed by atoms with Gasteiger partial charge in [-0.3, -0.25) is 4.79 Å². The highest BCUT2D eigenvalue weighted by Crippen LogP contribution is 2.36. The number of ether oxygens (including phenoxy) is 1. The molecule has 0 saturated carbocycles. The first kappa shape index (κ1) is 17.3. The van der Waals surface area contributed by atoms with Crippen molar-refractivity contribution in [1.82, 2.24) is 0 Å². The van der Waals surface area contributed by atoms with E-state index in [-0.39, 0.29) is 22.4 Å². The number of amides is 1. The number of carbonyl (C=O) groups excluding carboxylic acids is 1. The monoisotopic (exact) mass is 376 g/mol. The second kappa shape index (κ2) is 6.78. The third kappa shape index (κ3) is 3.21. The number of phenolic OH excluding ortho intramolecular Hbond substituents is 1. The van der Waals surface area contributed by atoms with Gasteiger partial charge in [-0.15, -0.1) is 0 Å². The van der Waals surface area contributed by atoms with E-state index in [1.807, 2.05) is 0 Å². The second-order valence-electron chi connectivity index (χ2n) is 5.37. The lowest BCUT2D eigenvalue weighted by molar-refractivity contribution is -0.114. The predicted molar refractivity (Wildman–Crippen MR) is 99.7 cm³/mol. The van der Waals surface area contributed by atoms with Crippen LogP contribution in [0.25, 0.3) is 6.08 Å². The van der Waals surface area contributed by atoms with Gasteiger partial charge in [0.25, 0.3) is 5.91 Å². The molecule has 2 aromatic carbocycles. The fourth-order valence-electron chi connectivity index (χ4n) is 2.47. The topological polar surface area (TPSA) is 62.1 Å². The Morgan fingerprint density at radius 1 is 1.20 bits per heavy atom. The Balaban J connectivity index is 2.01. The number of hydrogen-bond acceptors (Lipinski definition) is 4. The van der Waals surface area contributed by atoms with Crippen LogP contribution in [0.3, 0.4) is 0 Å². The van der Waals surface area contributed by atoms with Crippen molar-refractivity contribution in [3.8, 4) is 11.5 Å². The molecule has 128 valence electrons. The van der Waals surface area contributed by atoms with Gasteiger partial charge in [0.2, 0.25) is 0 Å². The van der Waals surface area contributed by atoms with Crippen molar-refractivity contribution in [3.05, 3.63) is 57.6 Å². The molecule has 0 spiro atoms. The smallest absolute Gasteiger partial charge is 0.280 e. The molecule has 3 rings (SSSR count). The average molecular weight is 377 g/mol. The van der Waals surface area contributed by atoms with Crippen molar-refractivity contribution >= 4 is 46.6 Å². The highest BCUT2D eigenvalue weighted by Gasteiger charge is 2.29. The van der Waals surface area contributed by atoms with Crippen LogP contribution in [0.1, 0.15) is 12.5 Å². The van der Waals surface area contributed by atoms with Crippen molar-refractivity contribution in [2.45, 2.75) is 6.92 Å². The van der Waals surface area contributed by atoms with Crippen LogP contribution < -0.4 is 9.75 Å². The minimum absolute atomic E-state index is 0.134. The number of benzene rings is 2. The van der Waals surface area contributed by atoms with Crippen LogP contribution in [0.15, 0.2) is 47.1 Å². The first-order chi connectivity index (χ1) is 11.9. The number of phenols is 1. The van der Waals surface area contributed by atoms with E-state index < -0.39 is 0 Å². The van der Waals surface area contributed by atoms with Crippen LogP contribution in [-0.4, -0.2) is 23.8 Å². The maximum Gasteiger partial charge on any atom is 0.280 e. The zero-order chi connectivity index (χ0) is 18.1. The molecule has 5 nitrogen and oxygen atoms in total. The van der Waals surface area contributed by atoms with Crippen molar-refractivity contribution in [3.63, 3.8) is 0 Å². The standard InChI is InChI=1S/C18H14Cl2N2O3/c1-10-12(7-11-8-14(20)17(23)16(9-11)25-2)18(24)22(21-10)15-6-4-3-5-13(15)19/h3-9,23H,1-2H3/b12-7-. The molecule has 0 aromatic heterocycles. The third-order valence-electron chi connectivity index (χ3n) is 3.72. The van der Waals surface area contributed by atoms with Gasteiger partial charge in [-0.1, -0.05) is 35.3 Å². The molecule has 0 radical (unpaired) electrons. The molecule has 0 unspecified atom stereocenters. The lowest BCUT2D eigenvalue weighted by atomic mass is 10.1. The van der Waals surface area contributed by atoms with Gasteiger partial charge in [0.15, 0.2) is 11.5 Å². The first-order valence-corrected chi connectivity index (χ1v) is 8.10. The molecule has 0 fully saturated rings. The summed E-state index contributed by atoms with van der Waals surface area (Å²) in [4.78, 5) is 12.8. The van der Waals surface area contributed by atoms with E-state index in [0.29, 0.717) is 27.6 Å². The summed E-state index contributed by atoms with van der Waals surface area (Å²) >= 11 is 12.2. The molecular formula is C18H14Cl2N2O3. The van der Waals surface area contributed by atoms with Crippen LogP contribution in [0.4, 0.5) is 5.69 Å². The van der Waals surface area contributed by atoms with E-state index in [1.54, 1.807) is 49.4 Å². The number of anilines is 1. The average Bonchev–Trinajstić information content (AvgIpc) is 2.86. The molecule has 2 aromatic rings. The molecule has 1 N–H and O–H groups in total. The molecule has 0 saturated heterocycles. The largest absolute Gasteiger partial charge is 0.503 e. The highest BCUT2D eigenvalue weighted by atomic mass is 35.5. The van der Waals surface area contributed by atoms with E-state index in [9.17, 15) is 9.90 Å². The molecule has 1 aliphatic heterocycles. The maximum atomic E-state index is 12.8. The molecule has 7 heteroatoms. The normalized spacial score (nSPS) is 15.7. The molecule has 25 heavy (non-hydrogen) atoms. The number of carbonyl (C=O) groups is 1. The Morgan fingerprint density at radius 2 is 1.92 bits per heavy atom. The molecule has 0 bridgehead atoms. The summed E-state index contributed by atoms with van der Waals surface area (Å²) in [6, 6.07) is 10.1. The van der Waals surface area contributed by atoms with E-state index in [1.165, 1.54) is 12.1 Å². The molecule has 1 amide bonds. The zero-order valence-corrected chi connectivity index (χ0v) is 15.0. The van der Waals surface area contributed by atoms with Gasteiger partial charge in [-0.05, 0) is 42.8 Å². The van der Waals surface area contributed by atoms with E-state index >= 15 is 0 Å². The van der Waals surface area contributed by atoms with Gasteiger partial charge < -0.3 is 9.84 Å². The molecule has 1 aliphatic rings. The number of nitrogens with zero attached hydrogens (tertiary/aromatic N) is 2. The number of halogens is 2. The summed E-state index contributed by atoms with van der Waals surface area (Å²) in [6.45, 7) is 1.74. The summed E-state index contributed by atoms with van der Waals surface area (Å²) < 4.78 is 5.08. The highest BCUT2D eigenvalue weighted by molar-refractivity contribution is 6.37. The maximum absolute atomic E-state index is 12.8. The molecule has 1 heterocycles. The van der Waals surface area contributed by atoms with Crippen molar-refractivity contribution in [2.24, 2.45) is 5.10 Å². The Bertz CT molecular complexity index is 923. The fraction of sp³-hybridized carbons (Fsp3) is 0.111. The second-order valence-corrected chi connectivity index (χ2v) is 6.18. The van der Waals surface area contributed by atoms with Gasteiger partial charge in [0, 0.05) is 0 Å². The summed E-state index contributed by atoms with van der Waals surface area (Å²) in [5.41, 5.74) is 2.08. The van der Waals surface area contributed by atoms with E-state index in [0.717, 1.165) is 0 Å². The van der Waals surface area contributed by atoms with E-state index in [2.05, 4.69) is 5.10 Å². The lowest BCUT2D eigenvalue weighted by Gasteiger charge is -2.13. The lowest BCUT2D eigenvalue weighted by Crippen LogP contribution is -2.21. The predicted octanol–water partition coefficient (Wildman–Crippen LogP) is 4.51. The van der Waals surface area contributed by atoms with E-state index in [4.69, 9.17) is 27.9 Å². The number of aromatic hydroxyl groups is 1. The van der Waals surface area contributed by atoms with Crippen LogP contribution in [0.2, 0.25) is 10.0 Å². The Hall–Kier alpha value is -2.50. The van der Waals surface area contributed by atoms with Gasteiger partial charge in [-0.2, -0.15) is 10.1 Å². The van der Waals surface area contributed by atoms with Gasteiger partial charge >= 0.3 is 0 Å². The van der Waals surface area contributed by atoms with Gasteiger partial charge in [0.1, 0.15) is 0 Å². The quantitative estimate of drug-likeness (QED) is 0.801. The third-order valence-corrected chi connectivity index (χ3v) is 4.33. The van der Waals surface area contributed by atoms with Crippen LogP contribution in [0.5, 0.6) is 11.5 Å². The zero-order valence-electron chi connectivity index (χ0n) is 13.5. The number of para-hydroxylation sites is 1. The summed E-state index contributed by atoms with van der Waals surface area (Å²) in [5.74, 6) is -0.219. The molecule has 0 atom stereocenters. The van der Waals surface area contributed by atoms with Crippen molar-refractivity contribution in [1.29, 1.82) is 0 Å². The summed E-state index contributed by atoms with van der Waals surface area (Å²) in [6.07, 6.45) is 1.64. The van der Waals surface area contributed by atoms with Gasteiger partial charge in [-0.25, -0.2) is 0 Å². The first-order valence-electron chi connectivity index (χ1n) is 7.35.